The zero-order chi connectivity index (χ0) is 16.2. The average molecular weight is 302 g/mol. The lowest BCUT2D eigenvalue weighted by Crippen LogP contribution is -2.41. The predicted octanol–water partition coefficient (Wildman–Crippen LogP) is 5.11. The van der Waals surface area contributed by atoms with Gasteiger partial charge in [-0.05, 0) is 49.5 Å². The Morgan fingerprint density at radius 1 is 1.36 bits per heavy atom. The van der Waals surface area contributed by atoms with Crippen molar-refractivity contribution in [1.29, 1.82) is 0 Å². The van der Waals surface area contributed by atoms with Crippen LogP contribution in [0.5, 0.6) is 0 Å². The lowest BCUT2D eigenvalue weighted by Gasteiger charge is -2.45. The largest absolute Gasteiger partial charge is 0.469 e. The summed E-state index contributed by atoms with van der Waals surface area (Å²) < 4.78 is 5.12. The highest BCUT2D eigenvalue weighted by molar-refractivity contribution is 5.76. The summed E-state index contributed by atoms with van der Waals surface area (Å²) in [6, 6.07) is 10.8. The minimum atomic E-state index is -0.401. The van der Waals surface area contributed by atoms with Crippen LogP contribution in [0.2, 0.25) is 0 Å². The van der Waals surface area contributed by atoms with Crippen LogP contribution in [0.4, 0.5) is 0 Å². The van der Waals surface area contributed by atoms with Gasteiger partial charge in [-0.15, -0.1) is 0 Å². The van der Waals surface area contributed by atoms with Crippen molar-refractivity contribution in [1.82, 2.24) is 0 Å². The lowest BCUT2D eigenvalue weighted by molar-refractivity contribution is -0.153. The number of benzene rings is 1. The van der Waals surface area contributed by atoms with Crippen LogP contribution in [-0.2, 0) is 14.9 Å². The second-order valence-electron chi connectivity index (χ2n) is 7.43. The van der Waals surface area contributed by atoms with Gasteiger partial charge in [0.25, 0.3) is 0 Å². The molecule has 1 aliphatic carbocycles. The molecule has 1 aliphatic rings. The standard InChI is InChI=1S/C20H30O2/c1-5-19(3,18(21)22-4)15-20(13-9-10-16(2)14-20)17-11-7-6-8-12-17/h6-8,11-12,16H,5,9-10,13-15H2,1-4H3. The molecule has 3 unspecified atom stereocenters. The molecule has 0 aromatic heterocycles. The molecule has 0 bridgehead atoms. The van der Waals surface area contributed by atoms with Gasteiger partial charge in [0, 0.05) is 0 Å². The minimum Gasteiger partial charge on any atom is -0.469 e. The van der Waals surface area contributed by atoms with E-state index in [-0.39, 0.29) is 11.4 Å². The van der Waals surface area contributed by atoms with Crippen LogP contribution in [-0.4, -0.2) is 13.1 Å². The van der Waals surface area contributed by atoms with Gasteiger partial charge >= 0.3 is 5.97 Å². The first-order chi connectivity index (χ1) is 10.5. The molecule has 0 radical (unpaired) electrons. The third-order valence-electron chi connectivity index (χ3n) is 5.66. The molecule has 22 heavy (non-hydrogen) atoms. The van der Waals surface area contributed by atoms with Crippen molar-refractivity contribution < 1.29 is 9.53 Å². The van der Waals surface area contributed by atoms with Gasteiger partial charge in [0.1, 0.15) is 0 Å². The van der Waals surface area contributed by atoms with E-state index in [1.165, 1.54) is 38.4 Å². The zero-order valence-electron chi connectivity index (χ0n) is 14.5. The molecule has 2 heteroatoms. The summed E-state index contributed by atoms with van der Waals surface area (Å²) in [6.07, 6.45) is 6.60. The summed E-state index contributed by atoms with van der Waals surface area (Å²) in [7, 11) is 1.51. The lowest BCUT2D eigenvalue weighted by atomic mass is 9.59. The molecule has 1 aromatic rings. The third-order valence-corrected chi connectivity index (χ3v) is 5.66. The van der Waals surface area contributed by atoms with Crippen molar-refractivity contribution in [3.63, 3.8) is 0 Å². The number of carbonyl (C=O) groups excluding carboxylic acids is 1. The quantitative estimate of drug-likeness (QED) is 0.706. The molecule has 1 fully saturated rings. The Kier molecular flexibility index (Phi) is 5.31. The smallest absolute Gasteiger partial charge is 0.311 e. The van der Waals surface area contributed by atoms with Crippen molar-refractivity contribution in [3.8, 4) is 0 Å². The van der Waals surface area contributed by atoms with E-state index >= 15 is 0 Å². The van der Waals surface area contributed by atoms with Crippen molar-refractivity contribution in [3.05, 3.63) is 35.9 Å². The topological polar surface area (TPSA) is 26.3 Å². The summed E-state index contributed by atoms with van der Waals surface area (Å²) in [6.45, 7) is 6.52. The summed E-state index contributed by atoms with van der Waals surface area (Å²) in [5.74, 6) is 0.649. The summed E-state index contributed by atoms with van der Waals surface area (Å²) >= 11 is 0. The van der Waals surface area contributed by atoms with Crippen LogP contribution < -0.4 is 0 Å². The highest BCUT2D eigenvalue weighted by Gasteiger charge is 2.45. The van der Waals surface area contributed by atoms with E-state index in [0.717, 1.165) is 12.8 Å². The Morgan fingerprint density at radius 3 is 2.59 bits per heavy atom. The average Bonchev–Trinajstić information content (AvgIpc) is 2.54. The second kappa shape index (κ2) is 6.85. The van der Waals surface area contributed by atoms with Gasteiger partial charge in [0.15, 0.2) is 0 Å². The number of hydrogen-bond acceptors (Lipinski definition) is 2. The van der Waals surface area contributed by atoms with Crippen LogP contribution >= 0.6 is 0 Å². The summed E-state index contributed by atoms with van der Waals surface area (Å²) in [5.41, 5.74) is 1.10. The third kappa shape index (κ3) is 3.37. The highest BCUT2D eigenvalue weighted by atomic mass is 16.5. The number of rotatable bonds is 5. The first kappa shape index (κ1) is 17.1. The molecule has 0 aliphatic heterocycles. The molecule has 122 valence electrons. The first-order valence-electron chi connectivity index (χ1n) is 8.60. The summed E-state index contributed by atoms with van der Waals surface area (Å²) in [5, 5.41) is 0. The van der Waals surface area contributed by atoms with Crippen molar-refractivity contribution in [2.24, 2.45) is 11.3 Å². The van der Waals surface area contributed by atoms with E-state index in [0.29, 0.717) is 5.92 Å². The number of ether oxygens (including phenoxy) is 1. The highest BCUT2D eigenvalue weighted by Crippen LogP contribution is 2.49. The van der Waals surface area contributed by atoms with Crippen LogP contribution in [0, 0.1) is 11.3 Å². The van der Waals surface area contributed by atoms with Crippen LogP contribution in [0.1, 0.15) is 64.9 Å². The Hall–Kier alpha value is -1.31. The number of carbonyl (C=O) groups is 1. The Morgan fingerprint density at radius 2 is 2.05 bits per heavy atom. The molecule has 0 spiro atoms. The fourth-order valence-electron chi connectivity index (χ4n) is 4.31. The SMILES string of the molecule is CCC(C)(CC1(c2ccccc2)CCCC(C)C1)C(=O)OC. The number of methoxy groups -OCH3 is 1. The Balaban J connectivity index is 2.39. The van der Waals surface area contributed by atoms with E-state index in [2.05, 4.69) is 51.1 Å². The van der Waals surface area contributed by atoms with Crippen molar-refractivity contribution in [2.45, 2.75) is 64.7 Å². The molecule has 1 aromatic carbocycles. The first-order valence-corrected chi connectivity index (χ1v) is 8.60. The van der Waals surface area contributed by atoms with Gasteiger partial charge in [-0.1, -0.05) is 57.0 Å². The molecule has 0 heterocycles. The van der Waals surface area contributed by atoms with Gasteiger partial charge in [-0.25, -0.2) is 0 Å². The maximum Gasteiger partial charge on any atom is 0.311 e. The molecular formula is C20H30O2. The second-order valence-corrected chi connectivity index (χ2v) is 7.43. The molecule has 2 nitrogen and oxygen atoms in total. The Labute approximate surface area is 135 Å². The minimum absolute atomic E-state index is 0.0662. The van der Waals surface area contributed by atoms with Crippen LogP contribution in [0.15, 0.2) is 30.3 Å². The molecule has 0 saturated heterocycles. The predicted molar refractivity (Wildman–Crippen MR) is 90.8 cm³/mol. The normalized spacial score (nSPS) is 27.9. The van der Waals surface area contributed by atoms with Crippen LogP contribution in [0.3, 0.4) is 0 Å². The fourth-order valence-corrected chi connectivity index (χ4v) is 4.31. The molecule has 1 saturated carbocycles. The number of hydrogen-bond donors (Lipinski definition) is 0. The van der Waals surface area contributed by atoms with Gasteiger partial charge in [-0.3, -0.25) is 4.79 Å². The van der Waals surface area contributed by atoms with Gasteiger partial charge < -0.3 is 4.74 Å². The monoisotopic (exact) mass is 302 g/mol. The maximum absolute atomic E-state index is 12.4. The van der Waals surface area contributed by atoms with E-state index in [1.54, 1.807) is 0 Å². The molecule has 2 rings (SSSR count). The van der Waals surface area contributed by atoms with E-state index < -0.39 is 5.41 Å². The molecular weight excluding hydrogens is 272 g/mol. The zero-order valence-corrected chi connectivity index (χ0v) is 14.5. The van der Waals surface area contributed by atoms with Gasteiger partial charge in [-0.2, -0.15) is 0 Å². The van der Waals surface area contributed by atoms with Gasteiger partial charge in [0.2, 0.25) is 0 Å². The summed E-state index contributed by atoms with van der Waals surface area (Å²) in [4.78, 5) is 12.4. The molecule has 0 amide bonds. The van der Waals surface area contributed by atoms with Crippen molar-refractivity contribution >= 4 is 5.97 Å². The van der Waals surface area contributed by atoms with Crippen LogP contribution in [0.25, 0.3) is 0 Å². The van der Waals surface area contributed by atoms with E-state index in [1.807, 2.05) is 0 Å². The van der Waals surface area contributed by atoms with E-state index in [9.17, 15) is 4.79 Å². The Bertz CT molecular complexity index is 496. The fraction of sp³-hybridized carbons (Fsp3) is 0.650. The van der Waals surface area contributed by atoms with Gasteiger partial charge in [0.05, 0.1) is 12.5 Å². The van der Waals surface area contributed by atoms with Crippen molar-refractivity contribution in [2.75, 3.05) is 7.11 Å². The molecule has 0 N–H and O–H groups in total. The maximum atomic E-state index is 12.4. The molecule has 3 atom stereocenters. The number of esters is 1. The van der Waals surface area contributed by atoms with E-state index in [4.69, 9.17) is 4.74 Å².